The average molecular weight is 318 g/mol. The maximum absolute atomic E-state index is 12.3. The second-order valence-corrected chi connectivity index (χ2v) is 7.57. The summed E-state index contributed by atoms with van der Waals surface area (Å²) in [7, 11) is -3.59. The fourth-order valence-corrected chi connectivity index (χ4v) is 4.65. The molecule has 1 aromatic heterocycles. The summed E-state index contributed by atoms with van der Waals surface area (Å²) in [6.07, 6.45) is 3.83. The summed E-state index contributed by atoms with van der Waals surface area (Å²) in [5.41, 5.74) is 0.566. The van der Waals surface area contributed by atoms with Crippen molar-refractivity contribution in [1.82, 2.24) is 4.31 Å². The number of rotatable bonds is 4. The predicted octanol–water partition coefficient (Wildman–Crippen LogP) is 2.29. The molecule has 1 aliphatic rings. The minimum atomic E-state index is -3.59. The van der Waals surface area contributed by atoms with Gasteiger partial charge in [0, 0.05) is 13.1 Å². The van der Waals surface area contributed by atoms with Crippen LogP contribution in [0.2, 0.25) is 0 Å². The van der Waals surface area contributed by atoms with Gasteiger partial charge in [-0.05, 0) is 31.4 Å². The highest BCUT2D eigenvalue weighted by molar-refractivity contribution is 7.90. The first-order valence-corrected chi connectivity index (χ1v) is 8.77. The molecular formula is C12H18N2O4S2. The number of hydrogen-bond acceptors (Lipinski definition) is 4. The van der Waals surface area contributed by atoms with E-state index in [2.05, 4.69) is 4.72 Å². The monoisotopic (exact) mass is 318 g/mol. The highest BCUT2D eigenvalue weighted by Crippen LogP contribution is 2.28. The van der Waals surface area contributed by atoms with E-state index in [1.165, 1.54) is 4.31 Å². The summed E-state index contributed by atoms with van der Waals surface area (Å²) in [5.74, 6) is -1.03. The van der Waals surface area contributed by atoms with Crippen molar-refractivity contribution in [3.05, 3.63) is 16.5 Å². The Balaban J connectivity index is 2.15. The van der Waals surface area contributed by atoms with Gasteiger partial charge in [-0.1, -0.05) is 12.8 Å². The van der Waals surface area contributed by atoms with E-state index in [4.69, 9.17) is 5.11 Å². The predicted molar refractivity (Wildman–Crippen MR) is 78.6 cm³/mol. The number of thiophene rings is 1. The summed E-state index contributed by atoms with van der Waals surface area (Å²) in [4.78, 5) is 11.1. The third-order valence-electron chi connectivity index (χ3n) is 3.25. The lowest BCUT2D eigenvalue weighted by Crippen LogP contribution is -2.36. The van der Waals surface area contributed by atoms with E-state index in [-0.39, 0.29) is 4.88 Å². The number of nitrogens with one attached hydrogen (secondary N) is 1. The zero-order valence-electron chi connectivity index (χ0n) is 11.3. The Bertz CT molecular complexity index is 587. The third kappa shape index (κ3) is 3.50. The van der Waals surface area contributed by atoms with Crippen LogP contribution < -0.4 is 4.72 Å². The van der Waals surface area contributed by atoms with Gasteiger partial charge >= 0.3 is 16.2 Å². The standard InChI is InChI=1S/C12H18N2O4S2/c1-9-8-10(19-11(9)12(15)16)13-20(17,18)14-6-4-2-3-5-7-14/h8,13H,2-7H2,1H3,(H,15,16). The molecule has 0 atom stereocenters. The van der Waals surface area contributed by atoms with E-state index in [0.29, 0.717) is 23.7 Å². The summed E-state index contributed by atoms with van der Waals surface area (Å²) < 4.78 is 28.5. The van der Waals surface area contributed by atoms with E-state index >= 15 is 0 Å². The van der Waals surface area contributed by atoms with E-state index in [9.17, 15) is 13.2 Å². The molecule has 0 unspecified atom stereocenters. The molecule has 0 amide bonds. The van der Waals surface area contributed by atoms with E-state index in [1.807, 2.05) is 0 Å². The Kier molecular flexibility index (Phi) is 4.66. The van der Waals surface area contributed by atoms with Gasteiger partial charge in [0.1, 0.15) is 9.88 Å². The molecule has 2 N–H and O–H groups in total. The molecule has 2 heterocycles. The highest BCUT2D eigenvalue weighted by Gasteiger charge is 2.24. The van der Waals surface area contributed by atoms with Crippen LogP contribution in [0.1, 0.15) is 40.9 Å². The van der Waals surface area contributed by atoms with Crippen molar-refractivity contribution in [2.45, 2.75) is 32.6 Å². The van der Waals surface area contributed by atoms with Gasteiger partial charge in [-0.2, -0.15) is 12.7 Å². The molecule has 112 valence electrons. The second-order valence-electron chi connectivity index (χ2n) is 4.85. The number of aryl methyl sites for hydroxylation is 1. The topological polar surface area (TPSA) is 86.7 Å². The Hall–Kier alpha value is -1.12. The summed E-state index contributed by atoms with van der Waals surface area (Å²) in [5, 5.41) is 9.34. The van der Waals surface area contributed by atoms with E-state index in [0.717, 1.165) is 37.0 Å². The normalized spacial score (nSPS) is 17.6. The van der Waals surface area contributed by atoms with Crippen molar-refractivity contribution >= 4 is 32.5 Å². The van der Waals surface area contributed by atoms with Crippen LogP contribution >= 0.6 is 11.3 Å². The van der Waals surface area contributed by atoms with Gasteiger partial charge in [-0.25, -0.2) is 4.79 Å². The smallest absolute Gasteiger partial charge is 0.346 e. The Labute approximate surface area is 122 Å². The molecule has 0 aromatic carbocycles. The molecule has 1 fully saturated rings. The summed E-state index contributed by atoms with van der Waals surface area (Å²) >= 11 is 0.947. The first-order valence-electron chi connectivity index (χ1n) is 6.52. The molecule has 1 saturated heterocycles. The Morgan fingerprint density at radius 1 is 1.30 bits per heavy atom. The maximum atomic E-state index is 12.3. The van der Waals surface area contributed by atoms with Gasteiger partial charge in [0.25, 0.3) is 0 Å². The zero-order valence-corrected chi connectivity index (χ0v) is 12.9. The van der Waals surface area contributed by atoms with Crippen LogP contribution in [-0.2, 0) is 10.2 Å². The Morgan fingerprint density at radius 3 is 2.40 bits per heavy atom. The first-order chi connectivity index (χ1) is 9.40. The number of anilines is 1. The zero-order chi connectivity index (χ0) is 14.8. The van der Waals surface area contributed by atoms with Crippen LogP contribution in [0.5, 0.6) is 0 Å². The van der Waals surface area contributed by atoms with Crippen molar-refractivity contribution in [3.8, 4) is 0 Å². The fraction of sp³-hybridized carbons (Fsp3) is 0.583. The molecule has 0 aliphatic carbocycles. The number of carbonyl (C=O) groups is 1. The van der Waals surface area contributed by atoms with Gasteiger partial charge in [-0.3, -0.25) is 4.72 Å². The second kappa shape index (κ2) is 6.11. The first kappa shape index (κ1) is 15.3. The molecule has 1 aliphatic heterocycles. The van der Waals surface area contributed by atoms with E-state index < -0.39 is 16.2 Å². The number of hydrogen-bond donors (Lipinski definition) is 2. The maximum Gasteiger partial charge on any atom is 0.346 e. The van der Waals surface area contributed by atoms with Crippen LogP contribution in [0.3, 0.4) is 0 Å². The lowest BCUT2D eigenvalue weighted by atomic mass is 10.2. The van der Waals surface area contributed by atoms with Crippen molar-refractivity contribution < 1.29 is 18.3 Å². The molecule has 0 radical (unpaired) electrons. The van der Waals surface area contributed by atoms with Crippen LogP contribution in [0.15, 0.2) is 6.07 Å². The number of carboxylic acid groups (broad SMARTS) is 1. The number of aromatic carboxylic acids is 1. The minimum absolute atomic E-state index is 0.165. The van der Waals surface area contributed by atoms with Gasteiger partial charge in [0.15, 0.2) is 0 Å². The molecule has 0 saturated carbocycles. The van der Waals surface area contributed by atoms with Gasteiger partial charge in [-0.15, -0.1) is 11.3 Å². The molecule has 0 spiro atoms. The number of nitrogens with zero attached hydrogens (tertiary/aromatic N) is 1. The molecule has 0 bridgehead atoms. The molecule has 20 heavy (non-hydrogen) atoms. The molecular weight excluding hydrogens is 300 g/mol. The molecule has 6 nitrogen and oxygen atoms in total. The third-order valence-corrected chi connectivity index (χ3v) is 6.04. The lowest BCUT2D eigenvalue weighted by molar-refractivity contribution is 0.0701. The van der Waals surface area contributed by atoms with E-state index in [1.54, 1.807) is 13.0 Å². The van der Waals surface area contributed by atoms with Crippen LogP contribution in [-0.4, -0.2) is 36.9 Å². The van der Waals surface area contributed by atoms with Gasteiger partial charge in [0.05, 0.1) is 0 Å². The van der Waals surface area contributed by atoms with Gasteiger partial charge < -0.3 is 5.11 Å². The quantitative estimate of drug-likeness (QED) is 0.891. The molecule has 2 rings (SSSR count). The van der Waals surface area contributed by atoms with Crippen LogP contribution in [0, 0.1) is 6.92 Å². The number of carboxylic acids is 1. The SMILES string of the molecule is Cc1cc(NS(=O)(=O)N2CCCCCC2)sc1C(=O)O. The van der Waals surface area contributed by atoms with Crippen LogP contribution in [0.4, 0.5) is 5.00 Å². The highest BCUT2D eigenvalue weighted by atomic mass is 32.2. The lowest BCUT2D eigenvalue weighted by Gasteiger charge is -2.19. The van der Waals surface area contributed by atoms with Crippen molar-refractivity contribution in [2.24, 2.45) is 0 Å². The van der Waals surface area contributed by atoms with Gasteiger partial charge in [0.2, 0.25) is 0 Å². The average Bonchev–Trinajstić information content (AvgIpc) is 2.59. The molecule has 8 heteroatoms. The van der Waals surface area contributed by atoms with Crippen molar-refractivity contribution in [2.75, 3.05) is 17.8 Å². The van der Waals surface area contributed by atoms with Crippen molar-refractivity contribution in [3.63, 3.8) is 0 Å². The van der Waals surface area contributed by atoms with Crippen LogP contribution in [0.25, 0.3) is 0 Å². The Morgan fingerprint density at radius 2 is 1.90 bits per heavy atom. The summed E-state index contributed by atoms with van der Waals surface area (Å²) in [6, 6.07) is 1.56. The minimum Gasteiger partial charge on any atom is -0.477 e. The summed E-state index contributed by atoms with van der Waals surface area (Å²) in [6.45, 7) is 2.70. The largest absolute Gasteiger partial charge is 0.477 e. The van der Waals surface area contributed by atoms with Crippen molar-refractivity contribution in [1.29, 1.82) is 0 Å². The fourth-order valence-electron chi connectivity index (χ4n) is 2.22. The molecule has 1 aromatic rings.